The molecule has 1 amide bonds. The lowest BCUT2D eigenvalue weighted by atomic mass is 10.1. The van der Waals surface area contributed by atoms with Gasteiger partial charge in [-0.3, -0.25) is 10.1 Å². The van der Waals surface area contributed by atoms with Gasteiger partial charge in [0.1, 0.15) is 5.75 Å². The molecule has 0 aliphatic rings. The van der Waals surface area contributed by atoms with Crippen molar-refractivity contribution in [2.24, 2.45) is 0 Å². The highest BCUT2D eigenvalue weighted by atomic mass is 32.1. The zero-order valence-corrected chi connectivity index (χ0v) is 13.4. The van der Waals surface area contributed by atoms with Crippen molar-refractivity contribution in [3.8, 4) is 5.75 Å². The second kappa shape index (κ2) is 7.56. The molecule has 0 aliphatic heterocycles. The van der Waals surface area contributed by atoms with E-state index in [0.29, 0.717) is 11.3 Å². The number of aryl methyl sites for hydroxylation is 1. The number of amides is 1. The van der Waals surface area contributed by atoms with Crippen molar-refractivity contribution < 1.29 is 9.53 Å². The molecule has 0 saturated carbocycles. The summed E-state index contributed by atoms with van der Waals surface area (Å²) in [5.41, 5.74) is 2.58. The smallest absolute Gasteiger partial charge is 0.257 e. The van der Waals surface area contributed by atoms with E-state index in [0.717, 1.165) is 12.1 Å². The van der Waals surface area contributed by atoms with Gasteiger partial charge in [0.25, 0.3) is 5.91 Å². The van der Waals surface area contributed by atoms with E-state index in [2.05, 4.69) is 17.6 Å². The van der Waals surface area contributed by atoms with Crippen molar-refractivity contribution in [2.75, 3.05) is 12.4 Å². The summed E-state index contributed by atoms with van der Waals surface area (Å²) >= 11 is 5.16. The van der Waals surface area contributed by atoms with Gasteiger partial charge in [0.05, 0.1) is 7.11 Å². The van der Waals surface area contributed by atoms with E-state index >= 15 is 0 Å². The molecule has 2 rings (SSSR count). The number of carbonyl (C=O) groups is 1. The van der Waals surface area contributed by atoms with E-state index in [9.17, 15) is 4.79 Å². The van der Waals surface area contributed by atoms with E-state index in [1.54, 1.807) is 31.4 Å². The molecule has 0 aromatic heterocycles. The second-order valence-corrected chi connectivity index (χ2v) is 5.10. The first kappa shape index (κ1) is 16.0. The lowest BCUT2D eigenvalue weighted by molar-refractivity contribution is 0.0977. The fraction of sp³-hybridized carbons (Fsp3) is 0.176. The molecule has 0 spiro atoms. The monoisotopic (exact) mass is 314 g/mol. The van der Waals surface area contributed by atoms with Crippen molar-refractivity contribution >= 4 is 28.9 Å². The summed E-state index contributed by atoms with van der Waals surface area (Å²) in [5.74, 6) is 0.350. The molecular weight excluding hydrogens is 296 g/mol. The minimum atomic E-state index is -0.276. The molecule has 0 radical (unpaired) electrons. The van der Waals surface area contributed by atoms with Gasteiger partial charge < -0.3 is 10.1 Å². The highest BCUT2D eigenvalue weighted by molar-refractivity contribution is 7.80. The summed E-state index contributed by atoms with van der Waals surface area (Å²) in [6.07, 6.45) is 0.983. The van der Waals surface area contributed by atoms with Crippen LogP contribution in [0.4, 0.5) is 5.69 Å². The molecule has 2 aromatic rings. The van der Waals surface area contributed by atoms with Crippen LogP contribution in [0.3, 0.4) is 0 Å². The summed E-state index contributed by atoms with van der Waals surface area (Å²) in [5, 5.41) is 5.90. The van der Waals surface area contributed by atoms with Gasteiger partial charge in [-0.15, -0.1) is 0 Å². The Morgan fingerprint density at radius 2 is 1.91 bits per heavy atom. The maximum Gasteiger partial charge on any atom is 0.257 e. The molecule has 0 bridgehead atoms. The number of anilines is 1. The Hall–Kier alpha value is -2.40. The first-order valence-corrected chi connectivity index (χ1v) is 7.38. The number of methoxy groups -OCH3 is 1. The van der Waals surface area contributed by atoms with Crippen LogP contribution in [0.15, 0.2) is 48.5 Å². The van der Waals surface area contributed by atoms with Crippen LogP contribution in [0.25, 0.3) is 0 Å². The quantitative estimate of drug-likeness (QED) is 0.850. The summed E-state index contributed by atoms with van der Waals surface area (Å²) in [6.45, 7) is 2.10. The van der Waals surface area contributed by atoms with E-state index in [1.807, 2.05) is 24.3 Å². The van der Waals surface area contributed by atoms with Gasteiger partial charge in [-0.05, 0) is 54.5 Å². The highest BCUT2D eigenvalue weighted by Crippen LogP contribution is 2.13. The van der Waals surface area contributed by atoms with Crippen LogP contribution in [-0.4, -0.2) is 18.1 Å². The largest absolute Gasteiger partial charge is 0.497 e. The molecule has 0 heterocycles. The molecule has 0 atom stereocenters. The third-order valence-corrected chi connectivity index (χ3v) is 3.38. The van der Waals surface area contributed by atoms with Gasteiger partial charge in [0, 0.05) is 11.3 Å². The minimum absolute atomic E-state index is 0.261. The molecule has 0 saturated heterocycles. The van der Waals surface area contributed by atoms with Gasteiger partial charge in [0.2, 0.25) is 0 Å². The van der Waals surface area contributed by atoms with Gasteiger partial charge in [-0.2, -0.15) is 0 Å². The topological polar surface area (TPSA) is 50.4 Å². The van der Waals surface area contributed by atoms with Crippen molar-refractivity contribution in [1.82, 2.24) is 5.32 Å². The van der Waals surface area contributed by atoms with E-state index in [4.69, 9.17) is 17.0 Å². The zero-order chi connectivity index (χ0) is 15.9. The maximum atomic E-state index is 12.1. The van der Waals surface area contributed by atoms with Gasteiger partial charge in [-0.25, -0.2) is 0 Å². The van der Waals surface area contributed by atoms with Crippen molar-refractivity contribution in [3.63, 3.8) is 0 Å². The number of nitrogens with one attached hydrogen (secondary N) is 2. The molecule has 0 unspecified atom stereocenters. The summed E-state index contributed by atoms with van der Waals surface area (Å²) < 4.78 is 5.10. The molecule has 5 heteroatoms. The number of benzene rings is 2. The molecule has 0 fully saturated rings. The number of thiocarbonyl (C=S) groups is 1. The van der Waals surface area contributed by atoms with Crippen LogP contribution < -0.4 is 15.4 Å². The Kier molecular flexibility index (Phi) is 5.49. The summed E-state index contributed by atoms with van der Waals surface area (Å²) in [4.78, 5) is 12.1. The Morgan fingerprint density at radius 1 is 1.18 bits per heavy atom. The number of hydrogen-bond donors (Lipinski definition) is 2. The molecule has 2 N–H and O–H groups in total. The van der Waals surface area contributed by atoms with Crippen LogP contribution in [0.5, 0.6) is 5.75 Å². The van der Waals surface area contributed by atoms with Crippen LogP contribution in [-0.2, 0) is 6.42 Å². The molecule has 4 nitrogen and oxygen atoms in total. The fourth-order valence-corrected chi connectivity index (χ4v) is 2.14. The Morgan fingerprint density at radius 3 is 2.55 bits per heavy atom. The number of ether oxygens (including phenoxy) is 1. The molecule has 0 aliphatic carbocycles. The molecule has 114 valence electrons. The van der Waals surface area contributed by atoms with E-state index in [1.165, 1.54) is 5.56 Å². The number of carbonyl (C=O) groups excluding carboxylic acids is 1. The van der Waals surface area contributed by atoms with Gasteiger partial charge >= 0.3 is 0 Å². The van der Waals surface area contributed by atoms with Crippen molar-refractivity contribution in [1.29, 1.82) is 0 Å². The predicted octanol–water partition coefficient (Wildman–Crippen LogP) is 3.38. The van der Waals surface area contributed by atoms with Gasteiger partial charge in [-0.1, -0.05) is 25.1 Å². The normalized spacial score (nSPS) is 9.91. The van der Waals surface area contributed by atoms with Crippen LogP contribution in [0.2, 0.25) is 0 Å². The third-order valence-electron chi connectivity index (χ3n) is 3.18. The van der Waals surface area contributed by atoms with Crippen molar-refractivity contribution in [2.45, 2.75) is 13.3 Å². The standard InChI is InChI=1S/C17H18N2O2S/c1-3-12-7-9-14(10-8-12)18-17(22)19-16(20)13-5-4-6-15(11-13)21-2/h4-11H,3H2,1-2H3,(H2,18,19,20,22). The highest BCUT2D eigenvalue weighted by Gasteiger charge is 2.08. The Labute approximate surface area is 135 Å². The second-order valence-electron chi connectivity index (χ2n) is 4.69. The number of hydrogen-bond acceptors (Lipinski definition) is 3. The molecular formula is C17H18N2O2S. The Bertz CT molecular complexity index is 669. The first-order valence-electron chi connectivity index (χ1n) is 6.97. The van der Waals surface area contributed by atoms with Gasteiger partial charge in [0.15, 0.2) is 5.11 Å². The molecule has 22 heavy (non-hydrogen) atoms. The van der Waals surface area contributed by atoms with Crippen LogP contribution in [0.1, 0.15) is 22.8 Å². The summed E-state index contributed by atoms with van der Waals surface area (Å²) in [6, 6.07) is 14.8. The van der Waals surface area contributed by atoms with Crippen molar-refractivity contribution in [3.05, 3.63) is 59.7 Å². The maximum absolute atomic E-state index is 12.1. The van der Waals surface area contributed by atoms with E-state index in [-0.39, 0.29) is 11.0 Å². The SMILES string of the molecule is CCc1ccc(NC(=S)NC(=O)c2cccc(OC)c2)cc1. The van der Waals surface area contributed by atoms with E-state index < -0.39 is 0 Å². The molecule has 2 aromatic carbocycles. The van der Waals surface area contributed by atoms with Crippen LogP contribution >= 0.6 is 12.2 Å². The Balaban J connectivity index is 1.96. The average molecular weight is 314 g/mol. The minimum Gasteiger partial charge on any atom is -0.497 e. The van der Waals surface area contributed by atoms with Crippen LogP contribution in [0, 0.1) is 0 Å². The lowest BCUT2D eigenvalue weighted by Crippen LogP contribution is -2.34. The summed E-state index contributed by atoms with van der Waals surface area (Å²) in [7, 11) is 1.56. The predicted molar refractivity (Wildman–Crippen MR) is 92.5 cm³/mol. The lowest BCUT2D eigenvalue weighted by Gasteiger charge is -2.10. The fourth-order valence-electron chi connectivity index (χ4n) is 1.93. The number of rotatable bonds is 4. The first-order chi connectivity index (χ1) is 10.6. The zero-order valence-electron chi connectivity index (χ0n) is 12.6. The third kappa shape index (κ3) is 4.30. The average Bonchev–Trinajstić information content (AvgIpc) is 2.55.